The maximum atomic E-state index is 14.8. The third-order valence-corrected chi connectivity index (χ3v) is 14.1. The molecule has 0 N–H and O–H groups in total. The van der Waals surface area contributed by atoms with Gasteiger partial charge in [-0.25, -0.2) is 27.2 Å². The van der Waals surface area contributed by atoms with Crippen LogP contribution in [0.1, 0.15) is 75.6 Å². The van der Waals surface area contributed by atoms with E-state index in [0.29, 0.717) is 40.7 Å². The number of benzene rings is 1. The van der Waals surface area contributed by atoms with Crippen LogP contribution >= 0.6 is 11.3 Å². The van der Waals surface area contributed by atoms with E-state index in [2.05, 4.69) is 4.98 Å². The number of carbonyl (C=O) groups excluding carboxylic acids is 1. The zero-order valence-electron chi connectivity index (χ0n) is 28.0. The fourth-order valence-corrected chi connectivity index (χ4v) is 9.96. The molecule has 2 aliphatic heterocycles. The molecule has 12 nitrogen and oxygen atoms in total. The van der Waals surface area contributed by atoms with Crippen molar-refractivity contribution < 1.29 is 45.0 Å². The Labute approximate surface area is 294 Å². The van der Waals surface area contributed by atoms with Crippen LogP contribution in [-0.4, -0.2) is 63.7 Å². The Hall–Kier alpha value is -3.80. The van der Waals surface area contributed by atoms with Crippen LogP contribution in [0.3, 0.4) is 0 Å². The van der Waals surface area contributed by atoms with E-state index in [1.807, 2.05) is 0 Å². The molecule has 5 heterocycles. The molecule has 0 spiro atoms. The van der Waals surface area contributed by atoms with Gasteiger partial charge in [0.1, 0.15) is 34.5 Å². The molecular formula is C34H36F3N3O9S2. The van der Waals surface area contributed by atoms with E-state index in [4.69, 9.17) is 18.6 Å². The molecule has 3 aliphatic rings. The molecule has 1 saturated carbocycles. The van der Waals surface area contributed by atoms with Crippen LogP contribution in [0.5, 0.6) is 5.75 Å². The Bertz CT molecular complexity index is 2200. The molecule has 1 unspecified atom stereocenters. The molecule has 17 heteroatoms. The highest BCUT2D eigenvalue weighted by Gasteiger charge is 2.50. The van der Waals surface area contributed by atoms with Gasteiger partial charge in [0, 0.05) is 5.56 Å². The Morgan fingerprint density at radius 3 is 2.51 bits per heavy atom. The molecule has 274 valence electrons. The minimum Gasteiger partial charge on any atom is -0.444 e. The van der Waals surface area contributed by atoms with E-state index in [1.165, 1.54) is 24.0 Å². The number of ketones is 1. The van der Waals surface area contributed by atoms with Gasteiger partial charge in [0.2, 0.25) is 5.89 Å². The Balaban J connectivity index is 1.39. The van der Waals surface area contributed by atoms with E-state index in [-0.39, 0.29) is 39.6 Å². The summed E-state index contributed by atoms with van der Waals surface area (Å²) in [4.78, 5) is 47.0. The minimum absolute atomic E-state index is 0.0376. The molecule has 1 aromatic carbocycles. The van der Waals surface area contributed by atoms with Crippen molar-refractivity contribution in [3.05, 3.63) is 68.4 Å². The highest BCUT2D eigenvalue weighted by molar-refractivity contribution is 7.93. The van der Waals surface area contributed by atoms with Gasteiger partial charge >= 0.3 is 12.3 Å². The predicted molar refractivity (Wildman–Crippen MR) is 179 cm³/mol. The number of alkyl halides is 2. The van der Waals surface area contributed by atoms with E-state index in [0.717, 1.165) is 42.4 Å². The van der Waals surface area contributed by atoms with Gasteiger partial charge in [0.25, 0.3) is 5.56 Å². The van der Waals surface area contributed by atoms with E-state index < -0.39 is 74.6 Å². The van der Waals surface area contributed by atoms with Crippen molar-refractivity contribution in [1.82, 2.24) is 14.1 Å². The summed E-state index contributed by atoms with van der Waals surface area (Å²) in [6.45, 7) is 0.779. The molecule has 0 amide bonds. The number of carbonyl (C=O) groups is 1. The normalized spacial score (nSPS) is 22.4. The number of sulfone groups is 1. The van der Waals surface area contributed by atoms with Crippen molar-refractivity contribution >= 4 is 37.2 Å². The van der Waals surface area contributed by atoms with Gasteiger partial charge in [0.05, 0.1) is 52.1 Å². The molecular weight excluding hydrogens is 716 g/mol. The molecule has 7 rings (SSSR count). The lowest BCUT2D eigenvalue weighted by atomic mass is 10.0. The largest absolute Gasteiger partial charge is 0.444 e. The average molecular weight is 752 g/mol. The van der Waals surface area contributed by atoms with Crippen molar-refractivity contribution in [3.63, 3.8) is 0 Å². The Morgan fingerprint density at radius 2 is 1.88 bits per heavy atom. The van der Waals surface area contributed by atoms with E-state index in [9.17, 15) is 36.0 Å². The second-order valence-electron chi connectivity index (χ2n) is 13.7. The molecule has 3 aromatic heterocycles. The summed E-state index contributed by atoms with van der Waals surface area (Å²) in [6.07, 6.45) is 4.25. The second kappa shape index (κ2) is 13.3. The number of fused-ring (bicyclic) bond motifs is 3. The zero-order valence-corrected chi connectivity index (χ0v) is 29.6. The lowest BCUT2D eigenvalue weighted by Crippen LogP contribution is -2.45. The van der Waals surface area contributed by atoms with Gasteiger partial charge in [-0.3, -0.25) is 14.2 Å². The lowest BCUT2D eigenvalue weighted by Gasteiger charge is -2.32. The number of Topliss-reactive ketones (excluding diaryl/α,β-unsaturated/α-hetero) is 1. The van der Waals surface area contributed by atoms with Gasteiger partial charge in [-0.15, -0.1) is 11.3 Å². The first kappa shape index (κ1) is 35.6. The van der Waals surface area contributed by atoms with Crippen LogP contribution in [0.4, 0.5) is 13.2 Å². The zero-order chi connectivity index (χ0) is 36.4. The SMILES string of the molecule is Cc1c(-c2ncco2)sc2c1c(=O)n([C@@H](C)C(=O)CS(=O)(=O)C1(C)CC1)c(=O)n2C[C@H](OC1C[C@H]2CC[C@@H](C1)O2)c1cc(F)ccc1OC(F)F. The number of thiophene rings is 1. The number of hydrogen-bond donors (Lipinski definition) is 0. The topological polar surface area (TPSA) is 149 Å². The van der Waals surface area contributed by atoms with Crippen molar-refractivity contribution in [2.45, 2.75) is 108 Å². The highest BCUT2D eigenvalue weighted by atomic mass is 32.2. The monoisotopic (exact) mass is 751 g/mol. The third-order valence-electron chi connectivity index (χ3n) is 10.2. The summed E-state index contributed by atoms with van der Waals surface area (Å²) in [5, 5.41) is 0.0376. The first-order valence-electron chi connectivity index (χ1n) is 16.6. The molecule has 51 heavy (non-hydrogen) atoms. The highest BCUT2D eigenvalue weighted by Crippen LogP contribution is 2.44. The summed E-state index contributed by atoms with van der Waals surface area (Å²) in [5.74, 6) is -2.69. The van der Waals surface area contributed by atoms with E-state index in [1.54, 1.807) is 13.8 Å². The maximum absolute atomic E-state index is 14.8. The minimum atomic E-state index is -3.88. The molecule has 5 atom stereocenters. The van der Waals surface area contributed by atoms with Gasteiger partial charge in [-0.1, -0.05) is 0 Å². The standard InChI is InChI=1S/C34H36F3N3O9S2/c1-17-27-30(42)40(18(2)24(41)16-51(44,45)34(3)8-9-34)33(43)39(31(27)50-28(17)29-38-10-11-46-29)15-26(48-22-13-20-5-6-21(14-22)47-20)23-12-19(35)4-7-25(23)49-32(36)37/h4,7,10-12,18,20-22,26,32H,5-6,8-9,13-16H2,1-3H3/t18-,20-,21+,22?,26-/m0/s1. The first-order chi connectivity index (χ1) is 24.2. The Morgan fingerprint density at radius 1 is 1.18 bits per heavy atom. The molecule has 3 fully saturated rings. The quantitative estimate of drug-likeness (QED) is 0.172. The summed E-state index contributed by atoms with van der Waals surface area (Å²) in [6, 6.07) is 1.52. The number of aromatic nitrogens is 3. The number of aryl methyl sites for hydroxylation is 1. The van der Waals surface area contributed by atoms with Crippen LogP contribution in [-0.2, 0) is 30.7 Å². The number of hydrogen-bond acceptors (Lipinski definition) is 11. The lowest BCUT2D eigenvalue weighted by molar-refractivity contribution is -0.119. The van der Waals surface area contributed by atoms with Crippen LogP contribution in [0.2, 0.25) is 0 Å². The molecule has 4 aromatic rings. The van der Waals surface area contributed by atoms with Crippen molar-refractivity contribution in [3.8, 4) is 16.5 Å². The summed E-state index contributed by atoms with van der Waals surface area (Å²) in [7, 11) is -3.88. The van der Waals surface area contributed by atoms with Crippen molar-refractivity contribution in [1.29, 1.82) is 0 Å². The molecule has 0 radical (unpaired) electrons. The summed E-state index contributed by atoms with van der Waals surface area (Å²) >= 11 is 1.01. The van der Waals surface area contributed by atoms with Gasteiger partial charge < -0.3 is 18.6 Å². The number of oxazole rings is 1. The molecule has 2 saturated heterocycles. The van der Waals surface area contributed by atoms with Gasteiger partial charge in [0.15, 0.2) is 15.6 Å². The number of nitrogens with zero attached hydrogens (tertiary/aromatic N) is 3. The van der Waals surface area contributed by atoms with Crippen LogP contribution < -0.4 is 16.0 Å². The number of rotatable bonds is 13. The van der Waals surface area contributed by atoms with Crippen molar-refractivity contribution in [2.24, 2.45) is 0 Å². The van der Waals surface area contributed by atoms with Gasteiger partial charge in [-0.05, 0) is 83.1 Å². The third kappa shape index (κ3) is 6.68. The maximum Gasteiger partial charge on any atom is 0.387 e. The second-order valence-corrected chi connectivity index (χ2v) is 17.2. The van der Waals surface area contributed by atoms with Crippen LogP contribution in [0, 0.1) is 12.7 Å². The Kier molecular flexibility index (Phi) is 9.29. The molecule has 2 bridgehead atoms. The van der Waals surface area contributed by atoms with Crippen molar-refractivity contribution in [2.75, 3.05) is 5.75 Å². The first-order valence-corrected chi connectivity index (χ1v) is 19.1. The van der Waals surface area contributed by atoms with E-state index >= 15 is 0 Å². The summed E-state index contributed by atoms with van der Waals surface area (Å²) in [5.41, 5.74) is -1.52. The number of ether oxygens (including phenoxy) is 3. The summed E-state index contributed by atoms with van der Waals surface area (Å²) < 4.78 is 91.8. The van der Waals surface area contributed by atoms with Crippen LogP contribution in [0.25, 0.3) is 21.0 Å². The number of halogens is 3. The fourth-order valence-electron chi connectivity index (χ4n) is 7.03. The average Bonchev–Trinajstić information content (AvgIpc) is 3.36. The smallest absolute Gasteiger partial charge is 0.387 e. The molecule has 1 aliphatic carbocycles. The van der Waals surface area contributed by atoms with Gasteiger partial charge in [-0.2, -0.15) is 8.78 Å². The van der Waals surface area contributed by atoms with Crippen LogP contribution in [0.15, 0.2) is 44.7 Å². The predicted octanol–water partition coefficient (Wildman–Crippen LogP) is 5.49. The fraction of sp³-hybridized carbons (Fsp3) is 0.529.